The van der Waals surface area contributed by atoms with Crippen LogP contribution in [-0.2, 0) is 15.6 Å². The molecule has 0 bridgehead atoms. The third kappa shape index (κ3) is 3.22. The zero-order valence-corrected chi connectivity index (χ0v) is 11.6. The van der Waals surface area contributed by atoms with Crippen molar-refractivity contribution in [2.75, 3.05) is 18.6 Å². The molecule has 1 aliphatic carbocycles. The van der Waals surface area contributed by atoms with Gasteiger partial charge in [-0.15, -0.1) is 0 Å². The van der Waals surface area contributed by atoms with Crippen LogP contribution in [0.1, 0.15) is 26.2 Å². The minimum Gasteiger partial charge on any atom is -0.409 e. The van der Waals surface area contributed by atoms with Crippen molar-refractivity contribution >= 4 is 22.5 Å². The fourth-order valence-electron chi connectivity index (χ4n) is 2.38. The highest BCUT2D eigenvalue weighted by Gasteiger charge is 2.51. The van der Waals surface area contributed by atoms with Crippen molar-refractivity contribution in [2.45, 2.75) is 26.2 Å². The molecule has 1 rings (SSSR count). The predicted octanol–water partition coefficient (Wildman–Crippen LogP) is 0.0339. The topological polar surface area (TPSA) is 105 Å². The largest absolute Gasteiger partial charge is 0.409 e. The molecule has 0 heterocycles. The minimum absolute atomic E-state index is 0.0165. The molecule has 0 aliphatic heterocycles. The quantitative estimate of drug-likeness (QED) is 0.209. The van der Waals surface area contributed by atoms with E-state index < -0.39 is 16.2 Å². The van der Waals surface area contributed by atoms with Gasteiger partial charge in [0.15, 0.2) is 5.84 Å². The molecule has 6 nitrogen and oxygen atoms in total. The number of oxime groups is 1. The summed E-state index contributed by atoms with van der Waals surface area (Å²) in [6.45, 7) is 2.49. The molecule has 18 heavy (non-hydrogen) atoms. The monoisotopic (exact) mass is 275 g/mol. The second-order valence-electron chi connectivity index (χ2n) is 4.97. The number of carbonyl (C=O) groups excluding carboxylic acids is 1. The van der Waals surface area contributed by atoms with Crippen molar-refractivity contribution in [3.63, 3.8) is 0 Å². The first kappa shape index (κ1) is 14.9. The van der Waals surface area contributed by atoms with Crippen LogP contribution in [0, 0.1) is 11.3 Å². The van der Waals surface area contributed by atoms with E-state index in [-0.39, 0.29) is 11.7 Å². The summed E-state index contributed by atoms with van der Waals surface area (Å²) < 4.78 is 10.9. The van der Waals surface area contributed by atoms with Crippen molar-refractivity contribution < 1.29 is 14.2 Å². The molecule has 0 radical (unpaired) electrons. The highest BCUT2D eigenvalue weighted by molar-refractivity contribution is 7.84. The van der Waals surface area contributed by atoms with E-state index in [0.29, 0.717) is 37.5 Å². The molecule has 7 heteroatoms. The van der Waals surface area contributed by atoms with E-state index >= 15 is 0 Å². The van der Waals surface area contributed by atoms with Crippen LogP contribution in [0.15, 0.2) is 5.16 Å². The average molecular weight is 275 g/mol. The van der Waals surface area contributed by atoms with Gasteiger partial charge < -0.3 is 16.3 Å². The lowest BCUT2D eigenvalue weighted by Gasteiger charge is -2.43. The van der Waals surface area contributed by atoms with E-state index in [4.69, 9.17) is 10.9 Å². The molecule has 4 N–H and O–H groups in total. The summed E-state index contributed by atoms with van der Waals surface area (Å²) in [7, 11) is -0.845. The zero-order valence-electron chi connectivity index (χ0n) is 10.8. The summed E-state index contributed by atoms with van der Waals surface area (Å²) in [6, 6.07) is 0. The number of amides is 1. The smallest absolute Gasteiger partial charge is 0.233 e. The molecule has 1 aliphatic rings. The summed E-state index contributed by atoms with van der Waals surface area (Å²) in [6.07, 6.45) is 3.51. The third-order valence-electron chi connectivity index (χ3n) is 3.32. The molecule has 1 unspecified atom stereocenters. The van der Waals surface area contributed by atoms with Gasteiger partial charge >= 0.3 is 0 Å². The Morgan fingerprint density at radius 1 is 1.61 bits per heavy atom. The summed E-state index contributed by atoms with van der Waals surface area (Å²) in [4.78, 5) is 12.1. The van der Waals surface area contributed by atoms with Gasteiger partial charge in [-0.1, -0.05) is 12.1 Å². The number of amidine groups is 1. The first-order chi connectivity index (χ1) is 8.42. The van der Waals surface area contributed by atoms with Crippen LogP contribution in [0.4, 0.5) is 0 Å². The summed E-state index contributed by atoms with van der Waals surface area (Å²) >= 11 is 0. The standard InChI is InChI=1S/C11H21N3O3S/c1-8-6-11(7-8,9(12)14-16)10(15)13-4-3-5-18(2)17/h8,16H,3-7H2,1-2H3,(H2,12,14)(H,13,15). The predicted molar refractivity (Wildman–Crippen MR) is 70.8 cm³/mol. The van der Waals surface area contributed by atoms with Gasteiger partial charge in [0.2, 0.25) is 5.91 Å². The van der Waals surface area contributed by atoms with Gasteiger partial charge in [-0.2, -0.15) is 0 Å². The molecular formula is C11H21N3O3S. The SMILES string of the molecule is CC1CC(C(=O)NCCCS(C)=O)(C(N)=NO)C1. The van der Waals surface area contributed by atoms with Gasteiger partial charge in [-0.25, -0.2) is 0 Å². The lowest BCUT2D eigenvalue weighted by atomic mass is 9.61. The Bertz CT molecular complexity index is 365. The van der Waals surface area contributed by atoms with Gasteiger partial charge in [0.05, 0.1) is 0 Å². The molecule has 0 spiro atoms. The third-order valence-corrected chi connectivity index (χ3v) is 4.18. The van der Waals surface area contributed by atoms with E-state index in [2.05, 4.69) is 10.5 Å². The van der Waals surface area contributed by atoms with E-state index in [1.807, 2.05) is 6.92 Å². The number of hydrogen-bond donors (Lipinski definition) is 3. The summed E-state index contributed by atoms with van der Waals surface area (Å²) in [5, 5.41) is 14.5. The molecule has 104 valence electrons. The maximum absolute atomic E-state index is 12.1. The maximum Gasteiger partial charge on any atom is 0.233 e. The van der Waals surface area contributed by atoms with Crippen LogP contribution in [0.2, 0.25) is 0 Å². The van der Waals surface area contributed by atoms with Crippen LogP contribution in [0.5, 0.6) is 0 Å². The van der Waals surface area contributed by atoms with E-state index in [9.17, 15) is 9.00 Å². The fraction of sp³-hybridized carbons (Fsp3) is 0.818. The Morgan fingerprint density at radius 2 is 2.22 bits per heavy atom. The Labute approximate surface area is 109 Å². The second kappa shape index (κ2) is 6.17. The lowest BCUT2D eigenvalue weighted by Crippen LogP contribution is -2.56. The molecule has 1 amide bonds. The maximum atomic E-state index is 12.1. The number of nitrogens with two attached hydrogens (primary N) is 1. The normalized spacial score (nSPS) is 29.4. The summed E-state index contributed by atoms with van der Waals surface area (Å²) in [5.74, 6) is 0.752. The van der Waals surface area contributed by atoms with Gasteiger partial charge in [-0.05, 0) is 25.2 Å². The van der Waals surface area contributed by atoms with Crippen LogP contribution >= 0.6 is 0 Å². The van der Waals surface area contributed by atoms with Crippen LogP contribution < -0.4 is 11.1 Å². The van der Waals surface area contributed by atoms with Gasteiger partial charge in [-0.3, -0.25) is 9.00 Å². The van der Waals surface area contributed by atoms with Crippen molar-refractivity contribution in [2.24, 2.45) is 22.2 Å². The molecule has 1 saturated carbocycles. The highest BCUT2D eigenvalue weighted by Crippen LogP contribution is 2.45. The fourth-order valence-corrected chi connectivity index (χ4v) is 2.93. The molecular weight excluding hydrogens is 254 g/mol. The Kier molecular flexibility index (Phi) is 5.13. The first-order valence-corrected chi connectivity index (χ1v) is 7.71. The molecule has 1 fully saturated rings. The zero-order chi connectivity index (χ0) is 13.8. The average Bonchev–Trinajstić information content (AvgIpc) is 2.28. The number of hydrogen-bond acceptors (Lipinski definition) is 4. The lowest BCUT2D eigenvalue weighted by molar-refractivity contribution is -0.133. The molecule has 1 atom stereocenters. The van der Waals surface area contributed by atoms with Crippen LogP contribution in [-0.4, -0.2) is 39.7 Å². The molecule has 0 aromatic carbocycles. The Morgan fingerprint density at radius 3 is 2.67 bits per heavy atom. The van der Waals surface area contributed by atoms with E-state index in [1.165, 1.54) is 0 Å². The van der Waals surface area contributed by atoms with Crippen molar-refractivity contribution in [3.05, 3.63) is 0 Å². The van der Waals surface area contributed by atoms with Crippen molar-refractivity contribution in [3.8, 4) is 0 Å². The van der Waals surface area contributed by atoms with Crippen molar-refractivity contribution in [1.29, 1.82) is 0 Å². The van der Waals surface area contributed by atoms with Gasteiger partial charge in [0.25, 0.3) is 0 Å². The van der Waals surface area contributed by atoms with Crippen LogP contribution in [0.3, 0.4) is 0 Å². The number of carbonyl (C=O) groups is 1. The molecule has 0 aromatic heterocycles. The van der Waals surface area contributed by atoms with Crippen LogP contribution in [0.25, 0.3) is 0 Å². The summed E-state index contributed by atoms with van der Waals surface area (Å²) in [5.41, 5.74) is 4.77. The van der Waals surface area contributed by atoms with E-state index in [1.54, 1.807) is 6.26 Å². The molecule has 0 aromatic rings. The number of nitrogens with zero attached hydrogens (tertiary/aromatic N) is 1. The van der Waals surface area contributed by atoms with Crippen molar-refractivity contribution in [1.82, 2.24) is 5.32 Å². The molecule has 0 saturated heterocycles. The van der Waals surface area contributed by atoms with Gasteiger partial charge in [0, 0.05) is 29.4 Å². The Hall–Kier alpha value is -1.11. The number of nitrogens with one attached hydrogen (secondary N) is 1. The minimum atomic E-state index is -0.848. The second-order valence-corrected chi connectivity index (χ2v) is 6.52. The highest BCUT2D eigenvalue weighted by atomic mass is 32.2. The first-order valence-electron chi connectivity index (χ1n) is 5.98. The number of rotatable bonds is 6. The van der Waals surface area contributed by atoms with Gasteiger partial charge in [0.1, 0.15) is 5.41 Å². The van der Waals surface area contributed by atoms with E-state index in [0.717, 1.165) is 0 Å². The Balaban J connectivity index is 2.50.